The number of alkyl halides is 3. The van der Waals surface area contributed by atoms with Crippen molar-refractivity contribution in [3.63, 3.8) is 0 Å². The first kappa shape index (κ1) is 21.2. The number of rotatable bonds is 5. The Morgan fingerprint density at radius 3 is 2.28 bits per heavy atom. The summed E-state index contributed by atoms with van der Waals surface area (Å²) in [6, 6.07) is 9.97. The lowest BCUT2D eigenvalue weighted by atomic mass is 10.2. The molecule has 0 radical (unpaired) electrons. The number of hydrogen-bond donors (Lipinski definition) is 0. The van der Waals surface area contributed by atoms with Gasteiger partial charge in [0, 0.05) is 13.1 Å². The minimum atomic E-state index is -4.63. The molecule has 0 unspecified atom stereocenters. The highest BCUT2D eigenvalue weighted by atomic mass is 32.2. The molecule has 1 heterocycles. The lowest BCUT2D eigenvalue weighted by Gasteiger charge is -2.27. The molecule has 1 aliphatic heterocycles. The van der Waals surface area contributed by atoms with Crippen LogP contribution in [0.2, 0.25) is 0 Å². The maximum atomic E-state index is 13.2. The summed E-state index contributed by atoms with van der Waals surface area (Å²) in [6.07, 6.45) is -2.99. The minimum absolute atomic E-state index is 0.0882. The van der Waals surface area contributed by atoms with E-state index in [-0.39, 0.29) is 10.6 Å². The van der Waals surface area contributed by atoms with Crippen molar-refractivity contribution in [1.82, 2.24) is 4.90 Å². The number of halogens is 3. The number of nitrogens with zero attached hydrogens (tertiary/aromatic N) is 2. The number of amides is 1. The number of carbonyl (C=O) groups is 1. The molecule has 9 heteroatoms. The average molecular weight is 426 g/mol. The Labute approximate surface area is 167 Å². The number of anilines is 1. The second-order valence-electron chi connectivity index (χ2n) is 6.96. The first-order valence-corrected chi connectivity index (χ1v) is 10.6. The van der Waals surface area contributed by atoms with E-state index in [1.165, 1.54) is 23.1 Å². The van der Waals surface area contributed by atoms with Gasteiger partial charge in [-0.15, -0.1) is 0 Å². The molecule has 1 amide bonds. The van der Waals surface area contributed by atoms with Crippen LogP contribution in [0, 0.1) is 6.92 Å². The summed E-state index contributed by atoms with van der Waals surface area (Å²) in [6.45, 7) is 2.26. The predicted octanol–water partition coefficient (Wildman–Crippen LogP) is 3.83. The van der Waals surface area contributed by atoms with Crippen LogP contribution in [0.4, 0.5) is 18.9 Å². The molecule has 0 N–H and O–H groups in total. The summed E-state index contributed by atoms with van der Waals surface area (Å²) >= 11 is 0. The van der Waals surface area contributed by atoms with Crippen LogP contribution in [0.3, 0.4) is 0 Å². The molecule has 5 nitrogen and oxygen atoms in total. The molecule has 0 bridgehead atoms. The Bertz CT molecular complexity index is 983. The highest BCUT2D eigenvalue weighted by molar-refractivity contribution is 7.92. The van der Waals surface area contributed by atoms with Gasteiger partial charge >= 0.3 is 6.18 Å². The van der Waals surface area contributed by atoms with Gasteiger partial charge in [-0.1, -0.05) is 23.8 Å². The van der Waals surface area contributed by atoms with Gasteiger partial charge in [0.05, 0.1) is 16.1 Å². The van der Waals surface area contributed by atoms with Crippen molar-refractivity contribution in [2.45, 2.75) is 30.8 Å². The van der Waals surface area contributed by atoms with Crippen LogP contribution in [0.25, 0.3) is 0 Å². The molecule has 1 aliphatic rings. The first-order chi connectivity index (χ1) is 13.6. The van der Waals surface area contributed by atoms with Crippen LogP contribution in [0.15, 0.2) is 53.4 Å². The highest BCUT2D eigenvalue weighted by Crippen LogP contribution is 2.33. The molecular formula is C20H21F3N2O3S. The molecular weight excluding hydrogens is 405 g/mol. The lowest BCUT2D eigenvalue weighted by molar-refractivity contribution is -0.137. The van der Waals surface area contributed by atoms with Gasteiger partial charge in [0.25, 0.3) is 10.0 Å². The zero-order valence-electron chi connectivity index (χ0n) is 15.8. The van der Waals surface area contributed by atoms with Crippen molar-refractivity contribution in [2.75, 3.05) is 23.9 Å². The Kier molecular flexibility index (Phi) is 5.88. The second kappa shape index (κ2) is 8.06. The summed E-state index contributed by atoms with van der Waals surface area (Å²) in [7, 11) is -4.24. The largest absolute Gasteiger partial charge is 0.416 e. The van der Waals surface area contributed by atoms with E-state index in [4.69, 9.17) is 0 Å². The van der Waals surface area contributed by atoms with Crippen LogP contribution in [-0.2, 0) is 21.0 Å². The van der Waals surface area contributed by atoms with E-state index in [9.17, 15) is 26.4 Å². The number of carbonyl (C=O) groups excluding carboxylic acids is 1. The van der Waals surface area contributed by atoms with Gasteiger partial charge in [-0.3, -0.25) is 9.10 Å². The van der Waals surface area contributed by atoms with Crippen LogP contribution in [0.1, 0.15) is 24.0 Å². The molecule has 29 heavy (non-hydrogen) atoms. The summed E-state index contributed by atoms with van der Waals surface area (Å²) in [4.78, 5) is 14.1. The Morgan fingerprint density at radius 2 is 1.69 bits per heavy atom. The van der Waals surface area contributed by atoms with Gasteiger partial charge in [-0.25, -0.2) is 8.42 Å². The summed E-state index contributed by atoms with van der Waals surface area (Å²) in [5, 5.41) is 0. The number of benzene rings is 2. The fraction of sp³-hybridized carbons (Fsp3) is 0.350. The van der Waals surface area contributed by atoms with Crippen molar-refractivity contribution in [1.29, 1.82) is 0 Å². The molecule has 3 rings (SSSR count). The van der Waals surface area contributed by atoms with Gasteiger partial charge in [0.2, 0.25) is 5.91 Å². The minimum Gasteiger partial charge on any atom is -0.341 e. The SMILES string of the molecule is Cc1ccc(S(=O)(=O)N(CC(=O)N2CCCC2)c2cccc(C(F)(F)F)c2)cc1. The molecule has 1 saturated heterocycles. The van der Waals surface area contributed by atoms with E-state index in [0.29, 0.717) is 13.1 Å². The third-order valence-corrected chi connectivity index (χ3v) is 6.60. The highest BCUT2D eigenvalue weighted by Gasteiger charge is 2.34. The Balaban J connectivity index is 2.04. The molecule has 0 aliphatic carbocycles. The maximum Gasteiger partial charge on any atom is 0.416 e. The maximum absolute atomic E-state index is 13.2. The smallest absolute Gasteiger partial charge is 0.341 e. The molecule has 0 spiro atoms. The molecule has 0 aromatic heterocycles. The Morgan fingerprint density at radius 1 is 1.07 bits per heavy atom. The fourth-order valence-corrected chi connectivity index (χ4v) is 4.59. The number of hydrogen-bond acceptors (Lipinski definition) is 3. The average Bonchev–Trinajstić information content (AvgIpc) is 3.20. The molecule has 2 aromatic carbocycles. The van der Waals surface area contributed by atoms with Crippen LogP contribution in [0.5, 0.6) is 0 Å². The molecule has 156 valence electrons. The van der Waals surface area contributed by atoms with Crippen molar-refractivity contribution in [3.05, 3.63) is 59.7 Å². The van der Waals surface area contributed by atoms with Crippen molar-refractivity contribution >= 4 is 21.6 Å². The predicted molar refractivity (Wildman–Crippen MR) is 103 cm³/mol. The Hall–Kier alpha value is -2.55. The molecule has 0 atom stereocenters. The zero-order valence-corrected chi connectivity index (χ0v) is 16.6. The fourth-order valence-electron chi connectivity index (χ4n) is 3.18. The summed E-state index contributed by atoms with van der Waals surface area (Å²) < 4.78 is 66.7. The summed E-state index contributed by atoms with van der Waals surface area (Å²) in [5.41, 5.74) is -0.344. The first-order valence-electron chi connectivity index (χ1n) is 9.13. The van der Waals surface area contributed by atoms with E-state index in [1.54, 1.807) is 19.1 Å². The summed E-state index contributed by atoms with van der Waals surface area (Å²) in [5.74, 6) is -0.435. The van der Waals surface area contributed by atoms with Gasteiger partial charge in [0.15, 0.2) is 0 Å². The topological polar surface area (TPSA) is 57.7 Å². The van der Waals surface area contributed by atoms with Crippen LogP contribution < -0.4 is 4.31 Å². The van der Waals surface area contributed by atoms with E-state index in [2.05, 4.69) is 0 Å². The van der Waals surface area contributed by atoms with Crippen molar-refractivity contribution in [2.24, 2.45) is 0 Å². The molecule has 0 saturated carbocycles. The molecule has 1 fully saturated rings. The van der Waals surface area contributed by atoms with E-state index >= 15 is 0 Å². The number of aryl methyl sites for hydroxylation is 1. The number of sulfonamides is 1. The van der Waals surface area contributed by atoms with E-state index in [1.807, 2.05) is 0 Å². The second-order valence-corrected chi connectivity index (χ2v) is 8.82. The lowest BCUT2D eigenvalue weighted by Crippen LogP contribution is -2.42. The van der Waals surface area contributed by atoms with Crippen LogP contribution >= 0.6 is 0 Å². The van der Waals surface area contributed by atoms with E-state index in [0.717, 1.165) is 40.9 Å². The van der Waals surface area contributed by atoms with Gasteiger partial charge in [-0.05, 0) is 50.1 Å². The quantitative estimate of drug-likeness (QED) is 0.730. The molecule has 2 aromatic rings. The normalized spacial score (nSPS) is 14.8. The van der Waals surface area contributed by atoms with Gasteiger partial charge < -0.3 is 4.90 Å². The number of likely N-dealkylation sites (tertiary alicyclic amines) is 1. The third kappa shape index (κ3) is 4.72. The van der Waals surface area contributed by atoms with E-state index < -0.39 is 34.2 Å². The monoisotopic (exact) mass is 426 g/mol. The zero-order chi connectivity index (χ0) is 21.2. The van der Waals surface area contributed by atoms with Crippen molar-refractivity contribution in [3.8, 4) is 0 Å². The standard InChI is InChI=1S/C20H21F3N2O3S/c1-15-7-9-18(10-8-15)29(27,28)25(14-19(26)24-11-2-3-12-24)17-6-4-5-16(13-17)20(21,22)23/h4-10,13H,2-3,11-12,14H2,1H3. The van der Waals surface area contributed by atoms with Gasteiger partial charge in [0.1, 0.15) is 6.54 Å². The third-order valence-electron chi connectivity index (χ3n) is 4.81. The van der Waals surface area contributed by atoms with Gasteiger partial charge in [-0.2, -0.15) is 13.2 Å². The van der Waals surface area contributed by atoms with Crippen molar-refractivity contribution < 1.29 is 26.4 Å². The van der Waals surface area contributed by atoms with Crippen LogP contribution in [-0.4, -0.2) is 38.9 Å².